The summed E-state index contributed by atoms with van der Waals surface area (Å²) in [6.07, 6.45) is 0. The molecule has 1 aromatic heterocycles. The molecule has 0 amide bonds. The van der Waals surface area contributed by atoms with Crippen LogP contribution >= 0.6 is 27.3 Å². The Kier molecular flexibility index (Phi) is 5.16. The molecule has 0 spiro atoms. The van der Waals surface area contributed by atoms with Gasteiger partial charge in [0, 0.05) is 28.0 Å². The van der Waals surface area contributed by atoms with E-state index in [1.165, 1.54) is 10.4 Å². The SMILES string of the molecule is CC(c1cccs1)N(C)C(CN)c1ccc(Br)cc1. The Bertz CT molecular complexity index is 495. The summed E-state index contributed by atoms with van der Waals surface area (Å²) >= 11 is 5.27. The number of rotatable bonds is 5. The van der Waals surface area contributed by atoms with Crippen LogP contribution in [0.25, 0.3) is 0 Å². The van der Waals surface area contributed by atoms with E-state index in [2.05, 4.69) is 76.6 Å². The molecule has 0 aliphatic heterocycles. The lowest BCUT2D eigenvalue weighted by Crippen LogP contribution is -2.32. The summed E-state index contributed by atoms with van der Waals surface area (Å²) in [5.74, 6) is 0. The zero-order valence-corrected chi connectivity index (χ0v) is 13.6. The highest BCUT2D eigenvalue weighted by molar-refractivity contribution is 9.10. The molecule has 2 atom stereocenters. The zero-order chi connectivity index (χ0) is 13.8. The van der Waals surface area contributed by atoms with Gasteiger partial charge < -0.3 is 5.73 Å². The Labute approximate surface area is 127 Å². The molecule has 1 aromatic carbocycles. The largest absolute Gasteiger partial charge is 0.329 e. The van der Waals surface area contributed by atoms with Crippen molar-refractivity contribution < 1.29 is 0 Å². The van der Waals surface area contributed by atoms with Gasteiger partial charge in [-0.25, -0.2) is 0 Å². The average Bonchev–Trinajstić information content (AvgIpc) is 2.94. The second-order valence-electron chi connectivity index (χ2n) is 4.66. The van der Waals surface area contributed by atoms with Gasteiger partial charge in [0.1, 0.15) is 0 Å². The van der Waals surface area contributed by atoms with E-state index in [1.54, 1.807) is 11.3 Å². The van der Waals surface area contributed by atoms with Crippen molar-refractivity contribution in [1.82, 2.24) is 4.90 Å². The third-order valence-corrected chi connectivity index (χ3v) is 5.11. The standard InChI is InChI=1S/C15H19BrN2S/c1-11(15-4-3-9-19-15)18(2)14(10-17)12-5-7-13(16)8-6-12/h3-9,11,14H,10,17H2,1-2H3. The highest BCUT2D eigenvalue weighted by atomic mass is 79.9. The van der Waals surface area contributed by atoms with E-state index in [0.29, 0.717) is 12.6 Å². The van der Waals surface area contributed by atoms with Crippen molar-refractivity contribution >= 4 is 27.3 Å². The van der Waals surface area contributed by atoms with Crippen LogP contribution in [0.1, 0.15) is 29.4 Å². The maximum absolute atomic E-state index is 5.98. The van der Waals surface area contributed by atoms with Gasteiger partial charge in [-0.2, -0.15) is 0 Å². The first kappa shape index (κ1) is 14.7. The predicted octanol–water partition coefficient (Wildman–Crippen LogP) is 4.20. The van der Waals surface area contributed by atoms with Gasteiger partial charge in [-0.05, 0) is 43.1 Å². The average molecular weight is 339 g/mol. The van der Waals surface area contributed by atoms with Gasteiger partial charge in [0.2, 0.25) is 0 Å². The number of hydrogen-bond donors (Lipinski definition) is 1. The minimum Gasteiger partial charge on any atom is -0.329 e. The fourth-order valence-corrected chi connectivity index (χ4v) is 3.32. The molecule has 0 fully saturated rings. The number of halogens is 1. The van der Waals surface area contributed by atoms with Gasteiger partial charge in [0.25, 0.3) is 0 Å². The fourth-order valence-electron chi connectivity index (χ4n) is 2.22. The molecule has 0 bridgehead atoms. The van der Waals surface area contributed by atoms with Crippen LogP contribution in [0, 0.1) is 0 Å². The molecule has 0 saturated carbocycles. The summed E-state index contributed by atoms with van der Waals surface area (Å²) in [4.78, 5) is 3.72. The van der Waals surface area contributed by atoms with Crippen LogP contribution in [0.3, 0.4) is 0 Å². The summed E-state index contributed by atoms with van der Waals surface area (Å²) in [7, 11) is 2.14. The van der Waals surface area contributed by atoms with E-state index in [1.807, 2.05) is 0 Å². The van der Waals surface area contributed by atoms with Crippen molar-refractivity contribution in [1.29, 1.82) is 0 Å². The number of thiophene rings is 1. The second kappa shape index (κ2) is 6.66. The number of nitrogens with zero attached hydrogens (tertiary/aromatic N) is 1. The molecule has 0 radical (unpaired) electrons. The topological polar surface area (TPSA) is 29.3 Å². The summed E-state index contributed by atoms with van der Waals surface area (Å²) in [5.41, 5.74) is 7.25. The molecular weight excluding hydrogens is 320 g/mol. The third-order valence-electron chi connectivity index (χ3n) is 3.54. The Balaban J connectivity index is 2.19. The Morgan fingerprint density at radius 3 is 2.47 bits per heavy atom. The normalized spacial score (nSPS) is 14.6. The van der Waals surface area contributed by atoms with E-state index in [9.17, 15) is 0 Å². The van der Waals surface area contributed by atoms with Crippen molar-refractivity contribution in [3.8, 4) is 0 Å². The number of likely N-dealkylation sites (N-methyl/N-ethyl adjacent to an activating group) is 1. The molecule has 0 aliphatic carbocycles. The lowest BCUT2D eigenvalue weighted by Gasteiger charge is -2.32. The highest BCUT2D eigenvalue weighted by Gasteiger charge is 2.21. The summed E-state index contributed by atoms with van der Waals surface area (Å²) in [6, 6.07) is 13.3. The molecule has 4 heteroatoms. The third kappa shape index (κ3) is 3.45. The summed E-state index contributed by atoms with van der Waals surface area (Å²) in [6.45, 7) is 2.85. The van der Waals surface area contributed by atoms with Gasteiger partial charge in [0.05, 0.1) is 0 Å². The quantitative estimate of drug-likeness (QED) is 0.884. The van der Waals surface area contributed by atoms with Crippen LogP contribution in [0.2, 0.25) is 0 Å². The van der Waals surface area contributed by atoms with E-state index in [4.69, 9.17) is 5.73 Å². The smallest absolute Gasteiger partial charge is 0.0473 e. The van der Waals surface area contributed by atoms with Crippen LogP contribution in [0.4, 0.5) is 0 Å². The monoisotopic (exact) mass is 338 g/mol. The molecule has 2 aromatic rings. The molecular formula is C15H19BrN2S. The predicted molar refractivity (Wildman–Crippen MR) is 86.4 cm³/mol. The summed E-state index contributed by atoms with van der Waals surface area (Å²) < 4.78 is 1.10. The minimum absolute atomic E-state index is 0.241. The second-order valence-corrected chi connectivity index (χ2v) is 6.55. The Hall–Kier alpha value is -0.680. The number of nitrogens with two attached hydrogens (primary N) is 1. The maximum Gasteiger partial charge on any atom is 0.0473 e. The van der Waals surface area contributed by atoms with Gasteiger partial charge in [-0.15, -0.1) is 11.3 Å². The number of hydrogen-bond acceptors (Lipinski definition) is 3. The van der Waals surface area contributed by atoms with Crippen molar-refractivity contribution in [3.63, 3.8) is 0 Å². The first-order valence-electron chi connectivity index (χ1n) is 6.34. The molecule has 102 valence electrons. The maximum atomic E-state index is 5.98. The van der Waals surface area contributed by atoms with Crippen LogP contribution in [-0.4, -0.2) is 18.5 Å². The number of benzene rings is 1. The van der Waals surface area contributed by atoms with Crippen molar-refractivity contribution in [3.05, 3.63) is 56.7 Å². The van der Waals surface area contributed by atoms with Gasteiger partial charge in [-0.3, -0.25) is 4.90 Å². The Morgan fingerprint density at radius 2 is 1.95 bits per heavy atom. The molecule has 2 nitrogen and oxygen atoms in total. The molecule has 0 aliphatic rings. The summed E-state index contributed by atoms with van der Waals surface area (Å²) in [5, 5.41) is 2.12. The van der Waals surface area contributed by atoms with Crippen LogP contribution in [0.15, 0.2) is 46.3 Å². The molecule has 2 unspecified atom stereocenters. The molecule has 2 rings (SSSR count). The van der Waals surface area contributed by atoms with Gasteiger partial charge in [-0.1, -0.05) is 34.1 Å². The first-order chi connectivity index (χ1) is 9.13. The lowest BCUT2D eigenvalue weighted by molar-refractivity contribution is 0.193. The molecule has 2 N–H and O–H groups in total. The van der Waals surface area contributed by atoms with Crippen LogP contribution < -0.4 is 5.73 Å². The molecule has 19 heavy (non-hydrogen) atoms. The lowest BCUT2D eigenvalue weighted by atomic mass is 10.0. The fraction of sp³-hybridized carbons (Fsp3) is 0.333. The minimum atomic E-state index is 0.241. The first-order valence-corrected chi connectivity index (χ1v) is 8.01. The van der Waals surface area contributed by atoms with Crippen LogP contribution in [0.5, 0.6) is 0 Å². The molecule has 0 saturated heterocycles. The van der Waals surface area contributed by atoms with E-state index < -0.39 is 0 Å². The highest BCUT2D eigenvalue weighted by Crippen LogP contribution is 2.30. The van der Waals surface area contributed by atoms with Gasteiger partial charge in [0.15, 0.2) is 0 Å². The van der Waals surface area contributed by atoms with Gasteiger partial charge >= 0.3 is 0 Å². The van der Waals surface area contributed by atoms with Crippen molar-refractivity contribution in [2.45, 2.75) is 19.0 Å². The Morgan fingerprint density at radius 1 is 1.26 bits per heavy atom. The zero-order valence-electron chi connectivity index (χ0n) is 11.2. The van der Waals surface area contributed by atoms with Crippen molar-refractivity contribution in [2.24, 2.45) is 5.73 Å². The van der Waals surface area contributed by atoms with Crippen molar-refractivity contribution in [2.75, 3.05) is 13.6 Å². The molecule has 1 heterocycles. The van der Waals surface area contributed by atoms with E-state index in [-0.39, 0.29) is 6.04 Å². The van der Waals surface area contributed by atoms with Crippen LogP contribution in [-0.2, 0) is 0 Å². The van der Waals surface area contributed by atoms with E-state index in [0.717, 1.165) is 4.47 Å². The van der Waals surface area contributed by atoms with E-state index >= 15 is 0 Å².